The predicted molar refractivity (Wildman–Crippen MR) is 111 cm³/mol. The molecule has 1 nitrogen and oxygen atoms in total. The Kier molecular flexibility index (Phi) is 7.34. The standard InChI is InChI=1S/C24H29ClO/c1-26-18-22-10-14-24(15-11-22)23-12-8-20(9-13-23)3-2-19-4-6-21(7-5-19)16-17-25/h8-17,19,21H,2-7,18H2,1H3/b17-16+/t19-,21-. The normalized spacial score (nSPS) is 20.5. The number of benzene rings is 2. The molecule has 0 spiro atoms. The quantitative estimate of drug-likeness (QED) is 0.511. The van der Waals surface area contributed by atoms with Crippen molar-refractivity contribution in [2.45, 2.75) is 45.1 Å². The summed E-state index contributed by atoms with van der Waals surface area (Å²) >= 11 is 5.71. The van der Waals surface area contributed by atoms with Gasteiger partial charge in [0.15, 0.2) is 0 Å². The molecule has 0 N–H and O–H groups in total. The Labute approximate surface area is 163 Å². The fourth-order valence-electron chi connectivity index (χ4n) is 3.97. The van der Waals surface area contributed by atoms with Gasteiger partial charge in [0.2, 0.25) is 0 Å². The highest BCUT2D eigenvalue weighted by Gasteiger charge is 2.19. The van der Waals surface area contributed by atoms with Crippen LogP contribution in [0.1, 0.15) is 43.2 Å². The number of methoxy groups -OCH3 is 1. The Morgan fingerprint density at radius 1 is 0.885 bits per heavy atom. The van der Waals surface area contributed by atoms with Gasteiger partial charge in [-0.1, -0.05) is 66.2 Å². The van der Waals surface area contributed by atoms with Crippen molar-refractivity contribution in [1.29, 1.82) is 0 Å². The van der Waals surface area contributed by atoms with Crippen LogP contribution < -0.4 is 0 Å². The summed E-state index contributed by atoms with van der Waals surface area (Å²) in [6.45, 7) is 0.670. The van der Waals surface area contributed by atoms with Crippen molar-refractivity contribution < 1.29 is 4.74 Å². The van der Waals surface area contributed by atoms with E-state index in [1.165, 1.54) is 60.8 Å². The molecule has 0 saturated heterocycles. The van der Waals surface area contributed by atoms with Gasteiger partial charge in [-0.15, -0.1) is 0 Å². The molecule has 3 rings (SSSR count). The molecule has 0 amide bonds. The molecule has 0 heterocycles. The predicted octanol–water partition coefficient (Wildman–Crippen LogP) is 6.99. The van der Waals surface area contributed by atoms with Crippen LogP contribution >= 0.6 is 11.6 Å². The molecule has 1 aliphatic rings. The summed E-state index contributed by atoms with van der Waals surface area (Å²) in [5, 5.41) is 0. The summed E-state index contributed by atoms with van der Waals surface area (Å²) < 4.78 is 5.17. The summed E-state index contributed by atoms with van der Waals surface area (Å²) in [6.07, 6.45) is 9.95. The molecule has 26 heavy (non-hydrogen) atoms. The first-order valence-electron chi connectivity index (χ1n) is 9.72. The van der Waals surface area contributed by atoms with Crippen molar-refractivity contribution in [1.82, 2.24) is 0 Å². The third kappa shape index (κ3) is 5.46. The average molecular weight is 369 g/mol. The molecule has 0 radical (unpaired) electrons. The van der Waals surface area contributed by atoms with Gasteiger partial charge in [-0.3, -0.25) is 0 Å². The van der Waals surface area contributed by atoms with E-state index >= 15 is 0 Å². The highest BCUT2D eigenvalue weighted by molar-refractivity contribution is 6.25. The smallest absolute Gasteiger partial charge is 0.0713 e. The van der Waals surface area contributed by atoms with E-state index in [1.54, 1.807) is 12.6 Å². The molecule has 0 atom stereocenters. The number of hydrogen-bond donors (Lipinski definition) is 0. The van der Waals surface area contributed by atoms with E-state index < -0.39 is 0 Å². The first kappa shape index (κ1) is 19.2. The maximum absolute atomic E-state index is 5.71. The molecule has 0 unspecified atom stereocenters. The third-order valence-electron chi connectivity index (χ3n) is 5.63. The lowest BCUT2D eigenvalue weighted by Crippen LogP contribution is -2.13. The number of allylic oxidation sites excluding steroid dienone is 1. The van der Waals surface area contributed by atoms with Gasteiger partial charge in [-0.2, -0.15) is 0 Å². The van der Waals surface area contributed by atoms with Crippen molar-refractivity contribution >= 4 is 11.6 Å². The van der Waals surface area contributed by atoms with Crippen molar-refractivity contribution in [2.24, 2.45) is 11.8 Å². The number of rotatable bonds is 7. The largest absolute Gasteiger partial charge is 0.380 e. The molecule has 1 saturated carbocycles. The van der Waals surface area contributed by atoms with Crippen LogP contribution in [-0.4, -0.2) is 7.11 Å². The van der Waals surface area contributed by atoms with Crippen LogP contribution in [-0.2, 0) is 17.8 Å². The highest BCUT2D eigenvalue weighted by Crippen LogP contribution is 2.32. The van der Waals surface area contributed by atoms with Crippen LogP contribution in [0.25, 0.3) is 11.1 Å². The SMILES string of the molecule is COCc1ccc(-c2ccc(CC[C@H]3CC[C@H](/C=C/Cl)CC3)cc2)cc1. The van der Waals surface area contributed by atoms with E-state index in [9.17, 15) is 0 Å². The third-order valence-corrected chi connectivity index (χ3v) is 5.78. The van der Waals surface area contributed by atoms with Crippen molar-refractivity contribution in [2.75, 3.05) is 7.11 Å². The number of aryl methyl sites for hydroxylation is 1. The first-order valence-corrected chi connectivity index (χ1v) is 10.2. The molecule has 2 aromatic carbocycles. The molecule has 1 fully saturated rings. The maximum Gasteiger partial charge on any atom is 0.0713 e. The second-order valence-electron chi connectivity index (χ2n) is 7.46. The van der Waals surface area contributed by atoms with Crippen molar-refractivity contribution in [3.63, 3.8) is 0 Å². The minimum absolute atomic E-state index is 0.670. The summed E-state index contributed by atoms with van der Waals surface area (Å²) in [7, 11) is 1.73. The fourth-order valence-corrected chi connectivity index (χ4v) is 4.17. The van der Waals surface area contributed by atoms with Gasteiger partial charge in [-0.05, 0) is 72.6 Å². The lowest BCUT2D eigenvalue weighted by molar-refractivity contribution is 0.185. The molecule has 1 aliphatic carbocycles. The van der Waals surface area contributed by atoms with E-state index in [4.69, 9.17) is 16.3 Å². The maximum atomic E-state index is 5.71. The van der Waals surface area contributed by atoms with Crippen LogP contribution in [0.15, 0.2) is 60.1 Å². The van der Waals surface area contributed by atoms with E-state index in [1.807, 2.05) is 0 Å². The molecule has 0 aliphatic heterocycles. The van der Waals surface area contributed by atoms with Gasteiger partial charge in [0.1, 0.15) is 0 Å². The molecule has 138 valence electrons. The van der Waals surface area contributed by atoms with Crippen molar-refractivity contribution in [3.8, 4) is 11.1 Å². The lowest BCUT2D eigenvalue weighted by Gasteiger charge is -2.26. The summed E-state index contributed by atoms with van der Waals surface area (Å²) in [6, 6.07) is 17.7. The van der Waals surface area contributed by atoms with Crippen LogP contribution in [0, 0.1) is 11.8 Å². The van der Waals surface area contributed by atoms with Gasteiger partial charge >= 0.3 is 0 Å². The summed E-state index contributed by atoms with van der Waals surface area (Å²) in [5.74, 6) is 1.58. The van der Waals surface area contributed by atoms with Gasteiger partial charge < -0.3 is 4.74 Å². The van der Waals surface area contributed by atoms with Crippen LogP contribution in [0.4, 0.5) is 0 Å². The zero-order chi connectivity index (χ0) is 18.2. The molecular weight excluding hydrogens is 340 g/mol. The van der Waals surface area contributed by atoms with E-state index in [2.05, 4.69) is 54.6 Å². The fraction of sp³-hybridized carbons (Fsp3) is 0.417. The van der Waals surface area contributed by atoms with Crippen LogP contribution in [0.5, 0.6) is 0 Å². The Morgan fingerprint density at radius 2 is 1.46 bits per heavy atom. The van der Waals surface area contributed by atoms with Gasteiger partial charge in [-0.25, -0.2) is 0 Å². The molecule has 0 aromatic heterocycles. The Balaban J connectivity index is 1.50. The van der Waals surface area contributed by atoms with Gasteiger partial charge in [0.25, 0.3) is 0 Å². The van der Waals surface area contributed by atoms with E-state index in [0.717, 1.165) is 5.92 Å². The highest BCUT2D eigenvalue weighted by atomic mass is 35.5. The summed E-state index contributed by atoms with van der Waals surface area (Å²) in [5.41, 5.74) is 6.90. The number of hydrogen-bond acceptors (Lipinski definition) is 1. The second-order valence-corrected chi connectivity index (χ2v) is 7.72. The average Bonchev–Trinajstić information content (AvgIpc) is 2.69. The second kappa shape index (κ2) is 9.94. The Bertz CT molecular complexity index is 679. The molecular formula is C24H29ClO. The van der Waals surface area contributed by atoms with E-state index in [-0.39, 0.29) is 0 Å². The molecule has 2 aromatic rings. The number of ether oxygens (including phenoxy) is 1. The monoisotopic (exact) mass is 368 g/mol. The van der Waals surface area contributed by atoms with Crippen LogP contribution in [0.3, 0.4) is 0 Å². The first-order chi connectivity index (χ1) is 12.8. The van der Waals surface area contributed by atoms with E-state index in [0.29, 0.717) is 12.5 Å². The van der Waals surface area contributed by atoms with Gasteiger partial charge in [0, 0.05) is 12.6 Å². The van der Waals surface area contributed by atoms with Gasteiger partial charge in [0.05, 0.1) is 6.61 Å². The summed E-state index contributed by atoms with van der Waals surface area (Å²) in [4.78, 5) is 0. The Hall–Kier alpha value is -1.57. The zero-order valence-electron chi connectivity index (χ0n) is 15.7. The lowest BCUT2D eigenvalue weighted by atomic mass is 9.79. The van der Waals surface area contributed by atoms with Crippen molar-refractivity contribution in [3.05, 3.63) is 71.3 Å². The molecule has 0 bridgehead atoms. The van der Waals surface area contributed by atoms with Crippen LogP contribution in [0.2, 0.25) is 0 Å². The molecule has 2 heteroatoms. The number of halogens is 1. The zero-order valence-corrected chi connectivity index (χ0v) is 16.4. The topological polar surface area (TPSA) is 9.23 Å². The minimum atomic E-state index is 0.670. The Morgan fingerprint density at radius 3 is 2.00 bits per heavy atom. The minimum Gasteiger partial charge on any atom is -0.380 e.